The Kier molecular flexibility index (Phi) is 3.96. The van der Waals surface area contributed by atoms with Crippen molar-refractivity contribution in [3.8, 4) is 0 Å². The first kappa shape index (κ1) is 13.0. The van der Waals surface area contributed by atoms with Gasteiger partial charge in [-0.3, -0.25) is 4.79 Å². The largest absolute Gasteiger partial charge is 0.467 e. The highest BCUT2D eigenvalue weighted by atomic mass is 79.9. The van der Waals surface area contributed by atoms with Crippen molar-refractivity contribution in [1.29, 1.82) is 0 Å². The number of nitrogens with zero attached hydrogens (tertiary/aromatic N) is 2. The van der Waals surface area contributed by atoms with Crippen LogP contribution in [0.25, 0.3) is 0 Å². The fourth-order valence-corrected chi connectivity index (χ4v) is 2.49. The van der Waals surface area contributed by atoms with E-state index in [1.807, 2.05) is 0 Å². The van der Waals surface area contributed by atoms with Gasteiger partial charge in [-0.25, -0.2) is 9.78 Å². The first-order chi connectivity index (χ1) is 8.65. The summed E-state index contributed by atoms with van der Waals surface area (Å²) in [4.78, 5) is 29.5. The first-order valence-corrected chi connectivity index (χ1v) is 6.43. The Hall–Kier alpha value is -1.43. The highest BCUT2D eigenvalue weighted by molar-refractivity contribution is 9.10. The summed E-state index contributed by atoms with van der Waals surface area (Å²) in [6.07, 6.45) is 3.00. The molecule has 2 heterocycles. The zero-order valence-electron chi connectivity index (χ0n) is 9.93. The second-order valence-electron chi connectivity index (χ2n) is 4.01. The summed E-state index contributed by atoms with van der Waals surface area (Å²) >= 11 is 3.29. The van der Waals surface area contributed by atoms with E-state index in [0.717, 1.165) is 6.42 Å². The lowest BCUT2D eigenvalue weighted by atomic mass is 10.2. The Labute approximate surface area is 113 Å². The Morgan fingerprint density at radius 2 is 2.33 bits per heavy atom. The topological polar surface area (TPSA) is 59.5 Å². The number of pyridine rings is 1. The van der Waals surface area contributed by atoms with Crippen LogP contribution in [-0.2, 0) is 9.53 Å². The second-order valence-corrected chi connectivity index (χ2v) is 4.87. The molecule has 0 aromatic carbocycles. The van der Waals surface area contributed by atoms with Gasteiger partial charge in [0, 0.05) is 17.2 Å². The van der Waals surface area contributed by atoms with Crippen molar-refractivity contribution >= 4 is 27.8 Å². The van der Waals surface area contributed by atoms with Crippen LogP contribution in [0.2, 0.25) is 0 Å². The number of rotatable bonds is 2. The summed E-state index contributed by atoms with van der Waals surface area (Å²) in [7, 11) is 1.33. The maximum Gasteiger partial charge on any atom is 0.328 e. The molecule has 1 atom stereocenters. The minimum Gasteiger partial charge on any atom is -0.467 e. The number of carbonyl (C=O) groups excluding carboxylic acids is 2. The maximum atomic E-state index is 12.3. The number of hydrogen-bond acceptors (Lipinski definition) is 4. The van der Waals surface area contributed by atoms with Crippen LogP contribution in [0.3, 0.4) is 0 Å². The first-order valence-electron chi connectivity index (χ1n) is 5.64. The van der Waals surface area contributed by atoms with E-state index in [1.165, 1.54) is 12.0 Å². The normalized spacial score (nSPS) is 18.8. The summed E-state index contributed by atoms with van der Waals surface area (Å²) in [5, 5.41) is 0. The molecule has 96 valence electrons. The Morgan fingerprint density at radius 3 is 3.00 bits per heavy atom. The fourth-order valence-electron chi connectivity index (χ4n) is 2.07. The standard InChI is InChI=1S/C12H13BrN2O3/c1-18-12(17)9-5-3-7-15(9)11(16)10-8(13)4-2-6-14-10/h2,4,6,9H,3,5,7H2,1H3. The smallest absolute Gasteiger partial charge is 0.328 e. The zero-order chi connectivity index (χ0) is 13.1. The Balaban J connectivity index is 2.23. The summed E-state index contributed by atoms with van der Waals surface area (Å²) in [5.74, 6) is -0.608. The molecule has 6 heteroatoms. The molecule has 0 spiro atoms. The molecule has 1 aliphatic rings. The molecule has 0 N–H and O–H groups in total. The van der Waals surface area contributed by atoms with Crippen molar-refractivity contribution in [2.45, 2.75) is 18.9 Å². The third-order valence-electron chi connectivity index (χ3n) is 2.95. The molecule has 2 rings (SSSR count). The van der Waals surface area contributed by atoms with E-state index in [-0.39, 0.29) is 11.9 Å². The highest BCUT2D eigenvalue weighted by Gasteiger charge is 2.36. The molecule has 0 saturated carbocycles. The van der Waals surface area contributed by atoms with E-state index < -0.39 is 6.04 Å². The van der Waals surface area contributed by atoms with Crippen molar-refractivity contribution < 1.29 is 14.3 Å². The van der Waals surface area contributed by atoms with Gasteiger partial charge in [0.25, 0.3) is 5.91 Å². The number of hydrogen-bond donors (Lipinski definition) is 0. The molecule has 1 amide bonds. The van der Waals surface area contributed by atoms with Crippen LogP contribution in [0.15, 0.2) is 22.8 Å². The molecule has 0 bridgehead atoms. The number of halogens is 1. The van der Waals surface area contributed by atoms with Crippen LogP contribution in [-0.4, -0.2) is 41.5 Å². The number of carbonyl (C=O) groups is 2. The number of methoxy groups -OCH3 is 1. The molecule has 5 nitrogen and oxygen atoms in total. The number of esters is 1. The maximum absolute atomic E-state index is 12.3. The second kappa shape index (κ2) is 5.48. The van der Waals surface area contributed by atoms with Crippen LogP contribution >= 0.6 is 15.9 Å². The number of aromatic nitrogens is 1. The van der Waals surface area contributed by atoms with Crippen molar-refractivity contribution in [2.24, 2.45) is 0 Å². The van der Waals surface area contributed by atoms with E-state index in [9.17, 15) is 9.59 Å². The van der Waals surface area contributed by atoms with Gasteiger partial charge in [-0.15, -0.1) is 0 Å². The van der Waals surface area contributed by atoms with Crippen molar-refractivity contribution in [1.82, 2.24) is 9.88 Å². The highest BCUT2D eigenvalue weighted by Crippen LogP contribution is 2.23. The lowest BCUT2D eigenvalue weighted by Crippen LogP contribution is -2.41. The van der Waals surface area contributed by atoms with Gasteiger partial charge in [0.05, 0.1) is 7.11 Å². The van der Waals surface area contributed by atoms with Crippen molar-refractivity contribution in [3.63, 3.8) is 0 Å². The van der Waals surface area contributed by atoms with E-state index in [4.69, 9.17) is 4.74 Å². The lowest BCUT2D eigenvalue weighted by molar-refractivity contribution is -0.145. The molecule has 0 radical (unpaired) electrons. The molecule has 1 aromatic rings. The van der Waals surface area contributed by atoms with Gasteiger partial charge >= 0.3 is 5.97 Å². The molecule has 1 fully saturated rings. The van der Waals surface area contributed by atoms with Crippen LogP contribution in [0.1, 0.15) is 23.3 Å². The lowest BCUT2D eigenvalue weighted by Gasteiger charge is -2.22. The summed E-state index contributed by atoms with van der Waals surface area (Å²) < 4.78 is 5.35. The fraction of sp³-hybridized carbons (Fsp3) is 0.417. The molecule has 18 heavy (non-hydrogen) atoms. The zero-order valence-corrected chi connectivity index (χ0v) is 11.5. The summed E-state index contributed by atoms with van der Waals surface area (Å²) in [6.45, 7) is 0.557. The SMILES string of the molecule is COC(=O)C1CCCN1C(=O)c1ncccc1Br. The van der Waals surface area contributed by atoms with E-state index in [1.54, 1.807) is 18.3 Å². The number of amides is 1. The molecule has 1 aliphatic heterocycles. The van der Waals surface area contributed by atoms with Crippen LogP contribution in [0.4, 0.5) is 0 Å². The minimum atomic E-state index is -0.489. The van der Waals surface area contributed by atoms with Gasteiger partial charge in [-0.1, -0.05) is 0 Å². The third-order valence-corrected chi connectivity index (χ3v) is 3.59. The number of ether oxygens (including phenoxy) is 1. The molecule has 1 aromatic heterocycles. The molecule has 1 saturated heterocycles. The predicted molar refractivity (Wildman–Crippen MR) is 68.0 cm³/mol. The van der Waals surface area contributed by atoms with Gasteiger partial charge in [0.1, 0.15) is 11.7 Å². The van der Waals surface area contributed by atoms with Crippen molar-refractivity contribution in [3.05, 3.63) is 28.5 Å². The molecule has 0 aliphatic carbocycles. The quantitative estimate of drug-likeness (QED) is 0.779. The van der Waals surface area contributed by atoms with E-state index in [0.29, 0.717) is 23.1 Å². The van der Waals surface area contributed by atoms with E-state index >= 15 is 0 Å². The Bertz CT molecular complexity index is 478. The Morgan fingerprint density at radius 1 is 1.56 bits per heavy atom. The van der Waals surface area contributed by atoms with Crippen LogP contribution in [0, 0.1) is 0 Å². The molecule has 1 unspecified atom stereocenters. The van der Waals surface area contributed by atoms with E-state index in [2.05, 4.69) is 20.9 Å². The average Bonchev–Trinajstić information content (AvgIpc) is 2.86. The van der Waals surface area contributed by atoms with Gasteiger partial charge < -0.3 is 9.64 Å². The third kappa shape index (κ3) is 2.38. The van der Waals surface area contributed by atoms with Gasteiger partial charge in [0.2, 0.25) is 0 Å². The summed E-state index contributed by atoms with van der Waals surface area (Å²) in [6, 6.07) is 3.00. The average molecular weight is 313 g/mol. The van der Waals surface area contributed by atoms with Gasteiger partial charge in [0.15, 0.2) is 0 Å². The van der Waals surface area contributed by atoms with Crippen LogP contribution < -0.4 is 0 Å². The molecular weight excluding hydrogens is 300 g/mol. The van der Waals surface area contributed by atoms with Crippen LogP contribution in [0.5, 0.6) is 0 Å². The predicted octanol–water partition coefficient (Wildman–Crippen LogP) is 1.62. The minimum absolute atomic E-state index is 0.240. The molecular formula is C12H13BrN2O3. The summed E-state index contributed by atoms with van der Waals surface area (Å²) in [5.41, 5.74) is 0.327. The van der Waals surface area contributed by atoms with Crippen molar-refractivity contribution in [2.75, 3.05) is 13.7 Å². The number of likely N-dealkylation sites (tertiary alicyclic amines) is 1. The monoisotopic (exact) mass is 312 g/mol. The van der Waals surface area contributed by atoms with Gasteiger partial charge in [-0.2, -0.15) is 0 Å². The van der Waals surface area contributed by atoms with Gasteiger partial charge in [-0.05, 0) is 40.9 Å².